The summed E-state index contributed by atoms with van der Waals surface area (Å²) in [5, 5.41) is 2.62. The predicted molar refractivity (Wildman–Crippen MR) is 89.6 cm³/mol. The Hall–Kier alpha value is -1.36. The molecule has 5 heteroatoms. The van der Waals surface area contributed by atoms with Gasteiger partial charge in [-0.2, -0.15) is 0 Å². The van der Waals surface area contributed by atoms with Gasteiger partial charge in [0, 0.05) is 6.20 Å². The summed E-state index contributed by atoms with van der Waals surface area (Å²) in [4.78, 5) is 23.0. The summed E-state index contributed by atoms with van der Waals surface area (Å²) in [5.41, 5.74) is 0. The molecule has 1 rings (SSSR count). The third-order valence-corrected chi connectivity index (χ3v) is 4.34. The molecule has 1 saturated carbocycles. The molecule has 132 valence electrons. The first kappa shape index (κ1) is 19.7. The van der Waals surface area contributed by atoms with E-state index in [4.69, 9.17) is 9.47 Å². The fourth-order valence-corrected chi connectivity index (χ4v) is 3.06. The molecule has 0 radical (unpaired) electrons. The number of nitrogens with one attached hydrogen (secondary N) is 1. The van der Waals surface area contributed by atoms with Gasteiger partial charge in [0.15, 0.2) is 0 Å². The van der Waals surface area contributed by atoms with Gasteiger partial charge in [0.2, 0.25) is 5.91 Å². The Kier molecular flexibility index (Phi) is 8.92. The minimum atomic E-state index is -0.301. The number of hydrogen-bond acceptors (Lipinski definition) is 4. The zero-order valence-electron chi connectivity index (χ0n) is 14.8. The number of esters is 1. The minimum Gasteiger partial charge on any atom is -0.466 e. The van der Waals surface area contributed by atoms with Gasteiger partial charge in [-0.15, -0.1) is 0 Å². The number of carbonyl (C=O) groups excluding carboxylic acids is 2. The van der Waals surface area contributed by atoms with Crippen molar-refractivity contribution in [2.24, 2.45) is 17.8 Å². The maximum absolute atomic E-state index is 11.8. The summed E-state index contributed by atoms with van der Waals surface area (Å²) in [6.45, 7) is 8.86. The van der Waals surface area contributed by atoms with Gasteiger partial charge in [-0.25, -0.2) is 0 Å². The quantitative estimate of drug-likeness (QED) is 0.697. The Balaban J connectivity index is 2.31. The van der Waals surface area contributed by atoms with Crippen LogP contribution in [0, 0.1) is 17.8 Å². The van der Waals surface area contributed by atoms with Crippen LogP contribution in [0.1, 0.15) is 53.4 Å². The number of ether oxygens (including phenoxy) is 2. The van der Waals surface area contributed by atoms with Gasteiger partial charge in [-0.3, -0.25) is 9.59 Å². The molecule has 23 heavy (non-hydrogen) atoms. The minimum absolute atomic E-state index is 0.0599. The van der Waals surface area contributed by atoms with E-state index < -0.39 is 0 Å². The highest BCUT2D eigenvalue weighted by Crippen LogP contribution is 2.35. The zero-order chi connectivity index (χ0) is 17.2. The third kappa shape index (κ3) is 7.64. The van der Waals surface area contributed by atoms with Crippen LogP contribution in [0.3, 0.4) is 0 Å². The largest absolute Gasteiger partial charge is 0.466 e. The molecule has 0 heterocycles. The highest BCUT2D eigenvalue weighted by molar-refractivity contribution is 5.78. The van der Waals surface area contributed by atoms with Gasteiger partial charge in [-0.05, 0) is 37.5 Å². The van der Waals surface area contributed by atoms with E-state index >= 15 is 0 Å². The van der Waals surface area contributed by atoms with Crippen molar-refractivity contribution in [2.45, 2.75) is 59.5 Å². The topological polar surface area (TPSA) is 64.6 Å². The number of amides is 1. The molecule has 1 N–H and O–H groups in total. The lowest BCUT2D eigenvalue weighted by Gasteiger charge is -2.37. The third-order valence-electron chi connectivity index (χ3n) is 4.34. The molecule has 3 unspecified atom stereocenters. The molecule has 5 nitrogen and oxygen atoms in total. The van der Waals surface area contributed by atoms with Gasteiger partial charge < -0.3 is 14.8 Å². The number of carbonyl (C=O) groups is 2. The Morgan fingerprint density at radius 2 is 2.04 bits per heavy atom. The van der Waals surface area contributed by atoms with Crippen molar-refractivity contribution < 1.29 is 19.1 Å². The van der Waals surface area contributed by atoms with E-state index in [-0.39, 0.29) is 31.0 Å². The molecular weight excluding hydrogens is 294 g/mol. The summed E-state index contributed by atoms with van der Waals surface area (Å²) in [6.07, 6.45) is 6.81. The molecule has 1 aliphatic carbocycles. The molecule has 0 spiro atoms. The van der Waals surface area contributed by atoms with Gasteiger partial charge in [0.25, 0.3) is 0 Å². The molecule has 0 aliphatic heterocycles. The van der Waals surface area contributed by atoms with Gasteiger partial charge in [-0.1, -0.05) is 33.3 Å². The summed E-state index contributed by atoms with van der Waals surface area (Å²) >= 11 is 0. The van der Waals surface area contributed by atoms with Gasteiger partial charge >= 0.3 is 5.97 Å². The molecule has 3 atom stereocenters. The first-order valence-corrected chi connectivity index (χ1v) is 8.65. The smallest absolute Gasteiger partial charge is 0.309 e. The number of hydrogen-bond donors (Lipinski definition) is 1. The fourth-order valence-electron chi connectivity index (χ4n) is 3.06. The van der Waals surface area contributed by atoms with Crippen LogP contribution in [0.15, 0.2) is 12.3 Å². The zero-order valence-corrected chi connectivity index (χ0v) is 14.8. The normalized spacial score (nSPS) is 24.8. The molecule has 1 aliphatic rings. The average molecular weight is 325 g/mol. The van der Waals surface area contributed by atoms with Crippen LogP contribution in [0.4, 0.5) is 0 Å². The molecule has 1 amide bonds. The lowest BCUT2D eigenvalue weighted by atomic mass is 9.75. The summed E-state index contributed by atoms with van der Waals surface area (Å²) in [7, 11) is 0. The van der Waals surface area contributed by atoms with E-state index in [1.807, 2.05) is 0 Å². The van der Waals surface area contributed by atoms with Crippen molar-refractivity contribution in [3.8, 4) is 0 Å². The second kappa shape index (κ2) is 10.4. The van der Waals surface area contributed by atoms with Crippen LogP contribution in [0.25, 0.3) is 0 Å². The van der Waals surface area contributed by atoms with E-state index in [2.05, 4.69) is 26.1 Å². The van der Waals surface area contributed by atoms with Gasteiger partial charge in [0.1, 0.15) is 6.61 Å². The van der Waals surface area contributed by atoms with Gasteiger partial charge in [0.05, 0.1) is 19.1 Å². The fraction of sp³-hybridized carbons (Fsp3) is 0.778. The van der Waals surface area contributed by atoms with E-state index in [0.29, 0.717) is 24.4 Å². The van der Waals surface area contributed by atoms with Crippen LogP contribution in [-0.2, 0) is 19.1 Å². The Morgan fingerprint density at radius 3 is 2.70 bits per heavy atom. The Bertz CT molecular complexity index is 406. The van der Waals surface area contributed by atoms with Crippen LogP contribution in [-0.4, -0.2) is 31.2 Å². The lowest BCUT2D eigenvalue weighted by Crippen LogP contribution is -2.36. The van der Waals surface area contributed by atoms with Crippen LogP contribution < -0.4 is 5.32 Å². The molecular formula is C18H31NO4. The van der Waals surface area contributed by atoms with Crippen molar-refractivity contribution in [2.75, 3.05) is 13.2 Å². The van der Waals surface area contributed by atoms with Crippen molar-refractivity contribution >= 4 is 11.9 Å². The first-order valence-electron chi connectivity index (χ1n) is 8.65. The van der Waals surface area contributed by atoms with E-state index in [1.165, 1.54) is 19.0 Å². The molecule has 0 bridgehead atoms. The molecule has 0 saturated heterocycles. The highest BCUT2D eigenvalue weighted by atomic mass is 16.5. The second-order valence-corrected chi connectivity index (χ2v) is 6.65. The van der Waals surface area contributed by atoms with Crippen molar-refractivity contribution in [3.05, 3.63) is 12.3 Å². The molecule has 0 aromatic rings. The van der Waals surface area contributed by atoms with Crippen molar-refractivity contribution in [1.29, 1.82) is 0 Å². The second-order valence-electron chi connectivity index (χ2n) is 6.65. The lowest BCUT2D eigenvalue weighted by molar-refractivity contribution is -0.142. The van der Waals surface area contributed by atoms with Crippen LogP contribution in [0.2, 0.25) is 0 Å². The summed E-state index contributed by atoms with van der Waals surface area (Å²) in [5.74, 6) is 1.26. The predicted octanol–water partition coefficient (Wildman–Crippen LogP) is 3.05. The van der Waals surface area contributed by atoms with Crippen LogP contribution in [0.5, 0.6) is 0 Å². The molecule has 0 aromatic heterocycles. The Labute approximate surface area is 139 Å². The molecule has 1 fully saturated rings. The van der Waals surface area contributed by atoms with E-state index in [1.54, 1.807) is 13.0 Å². The monoisotopic (exact) mass is 325 g/mol. The maximum Gasteiger partial charge on any atom is 0.309 e. The SMILES string of the molecule is CCOC(=O)CC=CNC(=O)COC1CC(C)CCC1C(C)C. The highest BCUT2D eigenvalue weighted by Gasteiger charge is 2.31. The summed E-state index contributed by atoms with van der Waals surface area (Å²) in [6, 6.07) is 0. The maximum atomic E-state index is 11.8. The average Bonchev–Trinajstić information content (AvgIpc) is 2.49. The van der Waals surface area contributed by atoms with Crippen LogP contribution >= 0.6 is 0 Å². The first-order chi connectivity index (χ1) is 10.9. The molecule has 0 aromatic carbocycles. The standard InChI is InChI=1S/C18H31NO4/c1-5-22-18(21)7-6-10-19-17(20)12-23-16-11-14(4)8-9-15(16)13(2)3/h6,10,13-16H,5,7-9,11-12H2,1-4H3,(H,19,20). The van der Waals surface area contributed by atoms with Crippen molar-refractivity contribution in [3.63, 3.8) is 0 Å². The van der Waals surface area contributed by atoms with E-state index in [0.717, 1.165) is 6.42 Å². The number of rotatable bonds is 8. The summed E-state index contributed by atoms with van der Waals surface area (Å²) < 4.78 is 10.7. The van der Waals surface area contributed by atoms with Crippen molar-refractivity contribution in [1.82, 2.24) is 5.32 Å². The Morgan fingerprint density at radius 1 is 1.30 bits per heavy atom. The van der Waals surface area contributed by atoms with E-state index in [9.17, 15) is 9.59 Å².